The van der Waals surface area contributed by atoms with E-state index in [0.717, 1.165) is 10.5 Å². The van der Waals surface area contributed by atoms with E-state index in [2.05, 4.69) is 0 Å². The van der Waals surface area contributed by atoms with Gasteiger partial charge in [-0.1, -0.05) is 30.3 Å². The summed E-state index contributed by atoms with van der Waals surface area (Å²) < 4.78 is 4.94. The van der Waals surface area contributed by atoms with Gasteiger partial charge in [0.2, 0.25) is 11.8 Å². The molecule has 3 rings (SSSR count). The zero-order chi connectivity index (χ0) is 21.0. The van der Waals surface area contributed by atoms with Crippen LogP contribution >= 0.6 is 0 Å². The minimum Gasteiger partial charge on any atom is -0.462 e. The molecular weight excluding hydrogens is 372 g/mol. The molecule has 0 N–H and O–H groups in total. The molecule has 1 saturated heterocycles. The van der Waals surface area contributed by atoms with Gasteiger partial charge in [-0.2, -0.15) is 0 Å². The number of carbonyl (C=O) groups is 4. The van der Waals surface area contributed by atoms with Crippen molar-refractivity contribution in [3.63, 3.8) is 0 Å². The molecule has 29 heavy (non-hydrogen) atoms. The van der Waals surface area contributed by atoms with Crippen molar-refractivity contribution in [3.8, 4) is 0 Å². The highest BCUT2D eigenvalue weighted by molar-refractivity contribution is 6.23. The highest BCUT2D eigenvalue weighted by Crippen LogP contribution is 2.27. The average molecular weight is 394 g/mol. The molecule has 7 heteroatoms. The normalized spacial score (nSPS) is 16.1. The van der Waals surface area contributed by atoms with Crippen LogP contribution in [0.25, 0.3) is 0 Å². The van der Waals surface area contributed by atoms with Crippen LogP contribution in [0.3, 0.4) is 0 Å². The smallest absolute Gasteiger partial charge is 0.338 e. The number of imide groups is 1. The molecule has 0 bridgehead atoms. The molecule has 0 aromatic heterocycles. The maximum Gasteiger partial charge on any atom is 0.338 e. The molecule has 0 saturated carbocycles. The Morgan fingerprint density at radius 1 is 1.07 bits per heavy atom. The number of rotatable bonds is 6. The fourth-order valence-electron chi connectivity index (χ4n) is 3.31. The fourth-order valence-corrected chi connectivity index (χ4v) is 3.31. The number of nitrogens with zero attached hydrogens (tertiary/aromatic N) is 2. The molecule has 0 radical (unpaired) electrons. The molecule has 150 valence electrons. The minimum absolute atomic E-state index is 0.0785. The third kappa shape index (κ3) is 4.34. The largest absolute Gasteiger partial charge is 0.462 e. The molecule has 7 nitrogen and oxygen atoms in total. The minimum atomic E-state index is -0.857. The van der Waals surface area contributed by atoms with Crippen LogP contribution in [0.1, 0.15) is 36.2 Å². The number of amides is 3. The van der Waals surface area contributed by atoms with Crippen LogP contribution in [0.4, 0.5) is 5.69 Å². The van der Waals surface area contributed by atoms with E-state index in [0.29, 0.717) is 11.3 Å². The zero-order valence-electron chi connectivity index (χ0n) is 16.3. The van der Waals surface area contributed by atoms with Crippen molar-refractivity contribution >= 4 is 29.4 Å². The SMILES string of the molecule is CCOC(=O)c1ccc(N2C(=O)CC(N(Cc3ccccc3)C(C)=O)C2=O)cc1. The second-order valence-electron chi connectivity index (χ2n) is 6.69. The summed E-state index contributed by atoms with van der Waals surface area (Å²) in [5.41, 5.74) is 1.57. The van der Waals surface area contributed by atoms with Crippen LogP contribution in [-0.2, 0) is 25.7 Å². The van der Waals surface area contributed by atoms with Gasteiger partial charge in [0.25, 0.3) is 5.91 Å². The van der Waals surface area contributed by atoms with E-state index in [1.165, 1.54) is 36.1 Å². The lowest BCUT2D eigenvalue weighted by Gasteiger charge is -2.26. The van der Waals surface area contributed by atoms with Crippen molar-refractivity contribution in [3.05, 3.63) is 65.7 Å². The first kappa shape index (κ1) is 20.3. The molecule has 3 amide bonds. The Bertz CT molecular complexity index is 924. The molecule has 1 heterocycles. The van der Waals surface area contributed by atoms with E-state index in [-0.39, 0.29) is 31.4 Å². The monoisotopic (exact) mass is 394 g/mol. The lowest BCUT2D eigenvalue weighted by Crippen LogP contribution is -2.44. The number of anilines is 1. The number of hydrogen-bond donors (Lipinski definition) is 0. The predicted molar refractivity (Wildman–Crippen MR) is 106 cm³/mol. The molecule has 1 unspecified atom stereocenters. The number of carbonyl (C=O) groups excluding carboxylic acids is 4. The number of ether oxygens (including phenoxy) is 1. The summed E-state index contributed by atoms with van der Waals surface area (Å²) in [5.74, 6) is -1.59. The maximum atomic E-state index is 13.0. The van der Waals surface area contributed by atoms with Gasteiger partial charge in [0.05, 0.1) is 24.3 Å². The molecule has 2 aromatic carbocycles. The summed E-state index contributed by atoms with van der Waals surface area (Å²) in [6, 6.07) is 14.5. The quantitative estimate of drug-likeness (QED) is 0.555. The molecule has 1 atom stereocenters. The molecular formula is C22H22N2O5. The predicted octanol–water partition coefficient (Wildman–Crippen LogP) is 2.54. The number of esters is 1. The topological polar surface area (TPSA) is 84.0 Å². The molecule has 2 aromatic rings. The highest BCUT2D eigenvalue weighted by Gasteiger charge is 2.43. The first-order valence-corrected chi connectivity index (χ1v) is 9.37. The van der Waals surface area contributed by atoms with Gasteiger partial charge >= 0.3 is 5.97 Å². The summed E-state index contributed by atoms with van der Waals surface area (Å²) in [7, 11) is 0. The summed E-state index contributed by atoms with van der Waals surface area (Å²) in [6.07, 6.45) is -0.0785. The lowest BCUT2D eigenvalue weighted by molar-refractivity contribution is -0.137. The van der Waals surface area contributed by atoms with Crippen molar-refractivity contribution in [2.75, 3.05) is 11.5 Å². The van der Waals surface area contributed by atoms with Crippen LogP contribution < -0.4 is 4.90 Å². The fraction of sp³-hybridized carbons (Fsp3) is 0.273. The summed E-state index contributed by atoms with van der Waals surface area (Å²) in [4.78, 5) is 52.0. The van der Waals surface area contributed by atoms with Crippen molar-refractivity contribution in [1.82, 2.24) is 4.90 Å². The first-order chi connectivity index (χ1) is 13.9. The lowest BCUT2D eigenvalue weighted by atomic mass is 10.1. The number of hydrogen-bond acceptors (Lipinski definition) is 5. The third-order valence-corrected chi connectivity index (χ3v) is 4.74. The van der Waals surface area contributed by atoms with Gasteiger partial charge in [-0.25, -0.2) is 9.69 Å². The molecule has 0 aliphatic carbocycles. The van der Waals surface area contributed by atoms with Gasteiger partial charge in [0.15, 0.2) is 0 Å². The van der Waals surface area contributed by atoms with Crippen molar-refractivity contribution in [2.24, 2.45) is 0 Å². The van der Waals surface area contributed by atoms with E-state index >= 15 is 0 Å². The first-order valence-electron chi connectivity index (χ1n) is 9.37. The second kappa shape index (κ2) is 8.68. The van der Waals surface area contributed by atoms with Crippen molar-refractivity contribution in [2.45, 2.75) is 32.9 Å². The standard InChI is InChI=1S/C22H22N2O5/c1-3-29-22(28)17-9-11-18(12-10-17)24-20(26)13-19(21(24)27)23(15(2)25)14-16-7-5-4-6-8-16/h4-12,19H,3,13-14H2,1-2H3. The Kier molecular flexibility index (Phi) is 6.07. The van der Waals surface area contributed by atoms with Gasteiger partial charge in [0, 0.05) is 13.5 Å². The Morgan fingerprint density at radius 3 is 2.31 bits per heavy atom. The Morgan fingerprint density at radius 2 is 1.72 bits per heavy atom. The van der Waals surface area contributed by atoms with E-state index in [1.54, 1.807) is 6.92 Å². The van der Waals surface area contributed by atoms with Gasteiger partial charge in [0.1, 0.15) is 6.04 Å². The Labute approximate surface area is 168 Å². The van der Waals surface area contributed by atoms with Gasteiger partial charge in [-0.15, -0.1) is 0 Å². The van der Waals surface area contributed by atoms with E-state index < -0.39 is 17.9 Å². The number of benzene rings is 2. The molecule has 1 aliphatic heterocycles. The average Bonchev–Trinajstić information content (AvgIpc) is 3.01. The van der Waals surface area contributed by atoms with Gasteiger partial charge in [-0.3, -0.25) is 14.4 Å². The Hall–Kier alpha value is -3.48. The van der Waals surface area contributed by atoms with Crippen LogP contribution in [0.5, 0.6) is 0 Å². The molecule has 1 aliphatic rings. The van der Waals surface area contributed by atoms with Crippen molar-refractivity contribution < 1.29 is 23.9 Å². The van der Waals surface area contributed by atoms with Crippen LogP contribution in [0, 0.1) is 0 Å². The van der Waals surface area contributed by atoms with Gasteiger partial charge < -0.3 is 9.64 Å². The Balaban J connectivity index is 1.81. The van der Waals surface area contributed by atoms with E-state index in [9.17, 15) is 19.2 Å². The molecule has 0 spiro atoms. The van der Waals surface area contributed by atoms with Crippen LogP contribution in [0.2, 0.25) is 0 Å². The summed E-state index contributed by atoms with van der Waals surface area (Å²) in [5, 5.41) is 0. The van der Waals surface area contributed by atoms with Gasteiger partial charge in [-0.05, 0) is 36.8 Å². The summed E-state index contributed by atoms with van der Waals surface area (Å²) in [6.45, 7) is 3.60. The maximum absolute atomic E-state index is 13.0. The highest BCUT2D eigenvalue weighted by atomic mass is 16.5. The van der Waals surface area contributed by atoms with Crippen molar-refractivity contribution in [1.29, 1.82) is 0 Å². The van der Waals surface area contributed by atoms with Crippen LogP contribution in [-0.4, -0.2) is 41.2 Å². The second-order valence-corrected chi connectivity index (χ2v) is 6.69. The van der Waals surface area contributed by atoms with Crippen LogP contribution in [0.15, 0.2) is 54.6 Å². The third-order valence-electron chi connectivity index (χ3n) is 4.74. The van der Waals surface area contributed by atoms with E-state index in [1.807, 2.05) is 30.3 Å². The zero-order valence-corrected chi connectivity index (χ0v) is 16.3. The summed E-state index contributed by atoms with van der Waals surface area (Å²) >= 11 is 0. The van der Waals surface area contributed by atoms with E-state index in [4.69, 9.17) is 4.74 Å². The molecule has 1 fully saturated rings.